The van der Waals surface area contributed by atoms with Gasteiger partial charge in [0.2, 0.25) is 5.89 Å². The van der Waals surface area contributed by atoms with Crippen molar-refractivity contribution >= 4 is 11.1 Å². The Morgan fingerprint density at radius 1 is 1.41 bits per heavy atom. The predicted octanol–water partition coefficient (Wildman–Crippen LogP) is 2.10. The molecule has 0 saturated carbocycles. The monoisotopic (exact) mass is 224 g/mol. The van der Waals surface area contributed by atoms with Crippen LogP contribution in [-0.4, -0.2) is 14.8 Å². The van der Waals surface area contributed by atoms with E-state index in [1.807, 2.05) is 13.2 Å². The fourth-order valence-electron chi connectivity index (χ4n) is 1.65. The third-order valence-electron chi connectivity index (χ3n) is 2.47. The molecule has 0 fully saturated rings. The Balaban J connectivity index is 2.17. The molecule has 5 nitrogen and oxygen atoms in total. The van der Waals surface area contributed by atoms with E-state index >= 15 is 0 Å². The van der Waals surface area contributed by atoms with E-state index in [-0.39, 0.29) is 0 Å². The molecule has 0 radical (unpaired) electrons. The first-order valence-corrected chi connectivity index (χ1v) is 5.06. The molecule has 3 rings (SSSR count). The van der Waals surface area contributed by atoms with E-state index in [1.54, 1.807) is 29.1 Å². The van der Waals surface area contributed by atoms with E-state index in [0.29, 0.717) is 22.6 Å². The molecule has 2 heterocycles. The van der Waals surface area contributed by atoms with Gasteiger partial charge in [0.05, 0.1) is 23.4 Å². The molecule has 0 unspecified atom stereocenters. The van der Waals surface area contributed by atoms with Gasteiger partial charge in [-0.25, -0.2) is 4.98 Å². The first-order chi connectivity index (χ1) is 8.26. The number of oxazole rings is 1. The third-order valence-corrected chi connectivity index (χ3v) is 2.47. The number of nitrogens with zero attached hydrogens (tertiary/aromatic N) is 4. The molecular formula is C12H8N4O. The van der Waals surface area contributed by atoms with Crippen LogP contribution in [0, 0.1) is 11.3 Å². The summed E-state index contributed by atoms with van der Waals surface area (Å²) < 4.78 is 7.28. The lowest BCUT2D eigenvalue weighted by atomic mass is 10.2. The van der Waals surface area contributed by atoms with Crippen LogP contribution in [0.15, 0.2) is 35.0 Å². The molecule has 0 N–H and O–H groups in total. The highest BCUT2D eigenvalue weighted by atomic mass is 16.3. The van der Waals surface area contributed by atoms with E-state index in [1.165, 1.54) is 0 Å². The Morgan fingerprint density at radius 3 is 3.00 bits per heavy atom. The summed E-state index contributed by atoms with van der Waals surface area (Å²) in [5, 5.41) is 12.9. The number of rotatable bonds is 1. The maximum absolute atomic E-state index is 8.80. The van der Waals surface area contributed by atoms with Crippen molar-refractivity contribution in [3.63, 3.8) is 0 Å². The lowest BCUT2D eigenvalue weighted by Gasteiger charge is -1.86. The van der Waals surface area contributed by atoms with E-state index in [0.717, 1.165) is 5.56 Å². The Bertz CT molecular complexity index is 732. The molecule has 0 bridgehead atoms. The van der Waals surface area contributed by atoms with Gasteiger partial charge in [-0.2, -0.15) is 10.4 Å². The fraction of sp³-hybridized carbons (Fsp3) is 0.0833. The molecule has 0 aliphatic heterocycles. The van der Waals surface area contributed by atoms with Crippen molar-refractivity contribution < 1.29 is 4.42 Å². The van der Waals surface area contributed by atoms with Crippen molar-refractivity contribution in [1.82, 2.24) is 14.8 Å². The molecular weight excluding hydrogens is 216 g/mol. The van der Waals surface area contributed by atoms with Crippen molar-refractivity contribution in [2.45, 2.75) is 0 Å². The molecule has 2 aromatic heterocycles. The smallest absolute Gasteiger partial charge is 0.230 e. The van der Waals surface area contributed by atoms with Gasteiger partial charge in [0, 0.05) is 13.2 Å². The lowest BCUT2D eigenvalue weighted by Crippen LogP contribution is -1.84. The molecule has 17 heavy (non-hydrogen) atoms. The van der Waals surface area contributed by atoms with Gasteiger partial charge >= 0.3 is 0 Å². The van der Waals surface area contributed by atoms with Crippen LogP contribution in [-0.2, 0) is 7.05 Å². The van der Waals surface area contributed by atoms with Gasteiger partial charge in [-0.3, -0.25) is 4.68 Å². The number of fused-ring (bicyclic) bond motifs is 1. The van der Waals surface area contributed by atoms with E-state index in [2.05, 4.69) is 16.2 Å². The zero-order valence-corrected chi connectivity index (χ0v) is 9.08. The molecule has 5 heteroatoms. The zero-order chi connectivity index (χ0) is 11.8. The highest BCUT2D eigenvalue weighted by Crippen LogP contribution is 2.24. The summed E-state index contributed by atoms with van der Waals surface area (Å²) in [6, 6.07) is 7.24. The molecule has 0 atom stereocenters. The number of nitriles is 1. The standard InChI is InChI=1S/C12H8N4O/c1-16-7-9(6-14-16)12-15-10-4-8(5-13)2-3-11(10)17-12/h2-4,6-7H,1H3. The van der Waals surface area contributed by atoms with Crippen LogP contribution in [0.4, 0.5) is 0 Å². The van der Waals surface area contributed by atoms with Gasteiger partial charge in [-0.05, 0) is 18.2 Å². The molecule has 0 aliphatic rings. The van der Waals surface area contributed by atoms with Crippen LogP contribution in [0.3, 0.4) is 0 Å². The molecule has 0 aliphatic carbocycles. The van der Waals surface area contributed by atoms with Gasteiger partial charge in [0.25, 0.3) is 0 Å². The number of hydrogen-bond donors (Lipinski definition) is 0. The maximum atomic E-state index is 8.80. The number of aryl methyl sites for hydroxylation is 1. The van der Waals surface area contributed by atoms with Crippen molar-refractivity contribution in [1.29, 1.82) is 5.26 Å². The molecule has 0 spiro atoms. The minimum absolute atomic E-state index is 0.517. The van der Waals surface area contributed by atoms with Crippen LogP contribution in [0.5, 0.6) is 0 Å². The summed E-state index contributed by atoms with van der Waals surface area (Å²) in [4.78, 5) is 4.33. The van der Waals surface area contributed by atoms with E-state index < -0.39 is 0 Å². The fourth-order valence-corrected chi connectivity index (χ4v) is 1.65. The normalized spacial score (nSPS) is 10.6. The van der Waals surface area contributed by atoms with Gasteiger partial charge < -0.3 is 4.42 Å². The van der Waals surface area contributed by atoms with Gasteiger partial charge in [0.1, 0.15) is 5.52 Å². The number of benzene rings is 1. The summed E-state index contributed by atoms with van der Waals surface area (Å²) in [6.07, 6.45) is 3.52. The molecule has 82 valence electrons. The largest absolute Gasteiger partial charge is 0.436 e. The Hall–Kier alpha value is -2.61. The minimum Gasteiger partial charge on any atom is -0.436 e. The number of hydrogen-bond acceptors (Lipinski definition) is 4. The quantitative estimate of drug-likeness (QED) is 0.634. The summed E-state index contributed by atoms with van der Waals surface area (Å²) in [5.74, 6) is 0.517. The van der Waals surface area contributed by atoms with Gasteiger partial charge in [-0.15, -0.1) is 0 Å². The van der Waals surface area contributed by atoms with Crippen molar-refractivity contribution in [2.24, 2.45) is 7.05 Å². The summed E-state index contributed by atoms with van der Waals surface area (Å²) >= 11 is 0. The Morgan fingerprint density at radius 2 is 2.29 bits per heavy atom. The predicted molar refractivity (Wildman–Crippen MR) is 60.9 cm³/mol. The molecule has 1 aromatic carbocycles. The first-order valence-electron chi connectivity index (χ1n) is 5.06. The first kappa shape index (κ1) is 9.60. The van der Waals surface area contributed by atoms with Gasteiger partial charge in [0.15, 0.2) is 5.58 Å². The summed E-state index contributed by atoms with van der Waals surface area (Å²) in [7, 11) is 1.83. The second-order valence-corrected chi connectivity index (χ2v) is 3.72. The lowest BCUT2D eigenvalue weighted by molar-refractivity contribution is 0.619. The van der Waals surface area contributed by atoms with E-state index in [4.69, 9.17) is 9.68 Å². The van der Waals surface area contributed by atoms with E-state index in [9.17, 15) is 0 Å². The highest BCUT2D eigenvalue weighted by molar-refractivity contribution is 5.77. The van der Waals surface area contributed by atoms with Crippen LogP contribution in [0.2, 0.25) is 0 Å². The van der Waals surface area contributed by atoms with Crippen LogP contribution < -0.4 is 0 Å². The summed E-state index contributed by atoms with van der Waals surface area (Å²) in [5.41, 5.74) is 2.75. The molecule has 0 amide bonds. The van der Waals surface area contributed by atoms with Gasteiger partial charge in [-0.1, -0.05) is 0 Å². The molecule has 3 aromatic rings. The van der Waals surface area contributed by atoms with Crippen molar-refractivity contribution in [2.75, 3.05) is 0 Å². The van der Waals surface area contributed by atoms with Crippen LogP contribution in [0.25, 0.3) is 22.6 Å². The van der Waals surface area contributed by atoms with Crippen LogP contribution in [0.1, 0.15) is 5.56 Å². The minimum atomic E-state index is 0.517. The molecule has 0 saturated heterocycles. The number of aromatic nitrogens is 3. The van der Waals surface area contributed by atoms with Crippen LogP contribution >= 0.6 is 0 Å². The highest BCUT2D eigenvalue weighted by Gasteiger charge is 2.09. The maximum Gasteiger partial charge on any atom is 0.230 e. The second-order valence-electron chi connectivity index (χ2n) is 3.72. The Kier molecular flexibility index (Phi) is 1.95. The topological polar surface area (TPSA) is 67.6 Å². The zero-order valence-electron chi connectivity index (χ0n) is 9.08. The third kappa shape index (κ3) is 1.56. The van der Waals surface area contributed by atoms with Crippen molar-refractivity contribution in [3.05, 3.63) is 36.2 Å². The Labute approximate surface area is 96.9 Å². The SMILES string of the molecule is Cn1cc(-c2nc3cc(C#N)ccc3o2)cn1. The average molecular weight is 224 g/mol. The summed E-state index contributed by atoms with van der Waals surface area (Å²) in [6.45, 7) is 0. The van der Waals surface area contributed by atoms with Crippen molar-refractivity contribution in [3.8, 4) is 17.5 Å². The second kappa shape index (κ2) is 3.46. The average Bonchev–Trinajstić information content (AvgIpc) is 2.93.